The molecular formula is C12H10Br2N2O3S. The van der Waals surface area contributed by atoms with Gasteiger partial charge < -0.3 is 15.2 Å². The van der Waals surface area contributed by atoms with Gasteiger partial charge in [-0.25, -0.2) is 4.79 Å². The van der Waals surface area contributed by atoms with Gasteiger partial charge in [0.15, 0.2) is 0 Å². The highest BCUT2D eigenvalue weighted by molar-refractivity contribution is 9.11. The van der Waals surface area contributed by atoms with E-state index >= 15 is 0 Å². The van der Waals surface area contributed by atoms with Gasteiger partial charge in [0.05, 0.1) is 23.0 Å². The number of aromatic nitrogens is 1. The topological polar surface area (TPSA) is 71.5 Å². The molecule has 1 aromatic heterocycles. The summed E-state index contributed by atoms with van der Waals surface area (Å²) in [6, 6.07) is 3.60. The SMILES string of the molecule is COc1cc(Nc2snc(C)c2C(=O)O)c(Br)cc1Br. The molecule has 2 N–H and O–H groups in total. The number of anilines is 2. The van der Waals surface area contributed by atoms with Gasteiger partial charge in [-0.1, -0.05) is 0 Å². The molecule has 0 bridgehead atoms. The van der Waals surface area contributed by atoms with Gasteiger partial charge in [0.1, 0.15) is 16.3 Å². The summed E-state index contributed by atoms with van der Waals surface area (Å²) < 4.78 is 10.9. The maximum absolute atomic E-state index is 11.2. The number of carboxylic acids is 1. The van der Waals surface area contributed by atoms with Crippen molar-refractivity contribution >= 4 is 60.1 Å². The molecule has 0 unspecified atom stereocenters. The standard InChI is InChI=1S/C12H10Br2N2O3S/c1-5-10(12(17)18)11(20-16-5)15-8-4-9(19-2)7(14)3-6(8)13/h3-4,15H,1-2H3,(H,17,18). The lowest BCUT2D eigenvalue weighted by atomic mass is 10.2. The lowest BCUT2D eigenvalue weighted by Gasteiger charge is -2.11. The average molecular weight is 422 g/mol. The maximum Gasteiger partial charge on any atom is 0.340 e. The molecule has 0 aliphatic rings. The Morgan fingerprint density at radius 2 is 2.10 bits per heavy atom. The molecule has 106 valence electrons. The van der Waals surface area contributed by atoms with E-state index in [2.05, 4.69) is 41.6 Å². The van der Waals surface area contributed by atoms with Crippen LogP contribution in [0.4, 0.5) is 10.7 Å². The van der Waals surface area contributed by atoms with Crippen LogP contribution in [0.25, 0.3) is 0 Å². The van der Waals surface area contributed by atoms with E-state index in [1.165, 1.54) is 0 Å². The van der Waals surface area contributed by atoms with Crippen molar-refractivity contribution in [2.75, 3.05) is 12.4 Å². The van der Waals surface area contributed by atoms with Gasteiger partial charge in [-0.05, 0) is 56.4 Å². The van der Waals surface area contributed by atoms with Crippen LogP contribution in [0.1, 0.15) is 16.1 Å². The van der Waals surface area contributed by atoms with Crippen molar-refractivity contribution in [2.24, 2.45) is 0 Å². The van der Waals surface area contributed by atoms with Crippen molar-refractivity contribution in [3.63, 3.8) is 0 Å². The number of ether oxygens (including phenoxy) is 1. The number of nitrogens with zero attached hydrogens (tertiary/aromatic N) is 1. The van der Waals surface area contributed by atoms with Gasteiger partial charge in [0, 0.05) is 10.5 Å². The number of benzene rings is 1. The summed E-state index contributed by atoms with van der Waals surface area (Å²) in [5.74, 6) is -0.354. The lowest BCUT2D eigenvalue weighted by Crippen LogP contribution is -2.02. The van der Waals surface area contributed by atoms with Crippen molar-refractivity contribution in [3.05, 3.63) is 32.3 Å². The summed E-state index contributed by atoms with van der Waals surface area (Å²) in [5, 5.41) is 12.8. The zero-order valence-electron chi connectivity index (χ0n) is 10.5. The molecule has 0 fully saturated rings. The minimum Gasteiger partial charge on any atom is -0.495 e. The van der Waals surface area contributed by atoms with Crippen LogP contribution in [0, 0.1) is 6.92 Å². The number of rotatable bonds is 4. The number of halogens is 2. The van der Waals surface area contributed by atoms with Gasteiger partial charge in [-0.15, -0.1) is 0 Å². The highest BCUT2D eigenvalue weighted by Gasteiger charge is 2.18. The normalized spacial score (nSPS) is 10.4. The zero-order valence-corrected chi connectivity index (χ0v) is 14.5. The van der Waals surface area contributed by atoms with Crippen molar-refractivity contribution in [1.82, 2.24) is 4.37 Å². The number of hydrogen-bond donors (Lipinski definition) is 2. The molecular weight excluding hydrogens is 412 g/mol. The molecule has 0 aliphatic carbocycles. The second-order valence-corrected chi connectivity index (χ2v) is 6.35. The Balaban J connectivity index is 2.42. The third kappa shape index (κ3) is 2.97. The first-order valence-corrected chi connectivity index (χ1v) is 7.79. The van der Waals surface area contributed by atoms with E-state index in [0.29, 0.717) is 22.1 Å². The summed E-state index contributed by atoms with van der Waals surface area (Å²) in [6.07, 6.45) is 0. The number of aryl methyl sites for hydroxylation is 1. The van der Waals surface area contributed by atoms with Crippen LogP contribution in [-0.4, -0.2) is 22.6 Å². The molecule has 2 aromatic rings. The molecule has 0 aliphatic heterocycles. The van der Waals surface area contributed by atoms with E-state index in [0.717, 1.165) is 20.5 Å². The minimum atomic E-state index is -1.00. The average Bonchev–Trinajstić information content (AvgIpc) is 2.74. The number of nitrogens with one attached hydrogen (secondary N) is 1. The van der Waals surface area contributed by atoms with E-state index in [9.17, 15) is 9.90 Å². The van der Waals surface area contributed by atoms with Crippen molar-refractivity contribution < 1.29 is 14.6 Å². The number of hydrogen-bond acceptors (Lipinski definition) is 5. The Bertz CT molecular complexity index is 673. The maximum atomic E-state index is 11.2. The largest absolute Gasteiger partial charge is 0.495 e. The smallest absolute Gasteiger partial charge is 0.340 e. The van der Waals surface area contributed by atoms with Crippen molar-refractivity contribution in [3.8, 4) is 5.75 Å². The van der Waals surface area contributed by atoms with Gasteiger partial charge in [-0.3, -0.25) is 0 Å². The fourth-order valence-electron chi connectivity index (χ4n) is 1.61. The Kier molecular flexibility index (Phi) is 4.66. The minimum absolute atomic E-state index is 0.184. The van der Waals surface area contributed by atoms with E-state index in [-0.39, 0.29) is 5.56 Å². The molecule has 8 heteroatoms. The van der Waals surface area contributed by atoms with E-state index in [1.54, 1.807) is 20.1 Å². The molecule has 5 nitrogen and oxygen atoms in total. The molecule has 0 spiro atoms. The Hall–Kier alpha value is -1.12. The predicted octanol–water partition coefficient (Wildman–Crippen LogP) is 4.43. The summed E-state index contributed by atoms with van der Waals surface area (Å²) in [6.45, 7) is 1.67. The van der Waals surface area contributed by atoms with Crippen LogP contribution in [0.3, 0.4) is 0 Å². The third-order valence-corrected chi connectivity index (χ3v) is 4.70. The number of aromatic carboxylic acids is 1. The Morgan fingerprint density at radius 3 is 2.70 bits per heavy atom. The van der Waals surface area contributed by atoms with Gasteiger partial charge >= 0.3 is 5.97 Å². The Morgan fingerprint density at radius 1 is 1.40 bits per heavy atom. The van der Waals surface area contributed by atoms with Gasteiger partial charge in [0.2, 0.25) is 0 Å². The summed E-state index contributed by atoms with van der Waals surface area (Å²) in [4.78, 5) is 11.2. The third-order valence-electron chi connectivity index (χ3n) is 2.57. The fraction of sp³-hybridized carbons (Fsp3) is 0.167. The second-order valence-electron chi connectivity index (χ2n) is 3.87. The Labute approximate surface area is 136 Å². The first-order valence-electron chi connectivity index (χ1n) is 5.43. The molecule has 0 atom stereocenters. The number of carbonyl (C=O) groups is 1. The van der Waals surface area contributed by atoms with E-state index in [4.69, 9.17) is 4.74 Å². The van der Waals surface area contributed by atoms with Gasteiger partial charge in [0.25, 0.3) is 0 Å². The van der Waals surface area contributed by atoms with E-state index < -0.39 is 5.97 Å². The first kappa shape index (κ1) is 15.3. The monoisotopic (exact) mass is 420 g/mol. The zero-order chi connectivity index (χ0) is 14.9. The van der Waals surface area contributed by atoms with Crippen LogP contribution in [0.5, 0.6) is 5.75 Å². The molecule has 0 saturated heterocycles. The van der Waals surface area contributed by atoms with Crippen molar-refractivity contribution in [2.45, 2.75) is 6.92 Å². The molecule has 0 radical (unpaired) electrons. The molecule has 20 heavy (non-hydrogen) atoms. The summed E-state index contributed by atoms with van der Waals surface area (Å²) >= 11 is 7.92. The van der Waals surface area contributed by atoms with Crippen LogP contribution < -0.4 is 10.1 Å². The summed E-state index contributed by atoms with van der Waals surface area (Å²) in [5.41, 5.74) is 1.38. The van der Waals surface area contributed by atoms with Crippen LogP contribution >= 0.6 is 43.4 Å². The fourth-order valence-corrected chi connectivity index (χ4v) is 3.67. The second kappa shape index (κ2) is 6.11. The highest BCUT2D eigenvalue weighted by atomic mass is 79.9. The van der Waals surface area contributed by atoms with Crippen LogP contribution in [0.15, 0.2) is 21.1 Å². The van der Waals surface area contributed by atoms with E-state index in [1.807, 2.05) is 6.07 Å². The highest BCUT2D eigenvalue weighted by Crippen LogP contribution is 2.37. The van der Waals surface area contributed by atoms with Gasteiger partial charge in [-0.2, -0.15) is 4.37 Å². The predicted molar refractivity (Wildman–Crippen MR) is 85.5 cm³/mol. The van der Waals surface area contributed by atoms with Crippen LogP contribution in [-0.2, 0) is 0 Å². The first-order chi connectivity index (χ1) is 9.43. The number of carboxylic acid groups (broad SMARTS) is 1. The molecule has 0 saturated carbocycles. The quantitative estimate of drug-likeness (QED) is 0.764. The molecule has 2 rings (SSSR count). The van der Waals surface area contributed by atoms with Crippen molar-refractivity contribution in [1.29, 1.82) is 0 Å². The molecule has 1 aromatic carbocycles. The van der Waals surface area contributed by atoms with Crippen LogP contribution in [0.2, 0.25) is 0 Å². The summed E-state index contributed by atoms with van der Waals surface area (Å²) in [7, 11) is 1.57. The molecule has 0 amide bonds. The lowest BCUT2D eigenvalue weighted by molar-refractivity contribution is 0.0697. The number of methoxy groups -OCH3 is 1. The molecule has 1 heterocycles.